The Morgan fingerprint density at radius 3 is 2.72 bits per heavy atom. The van der Waals surface area contributed by atoms with Gasteiger partial charge in [0, 0.05) is 24.3 Å². The Bertz CT molecular complexity index is 393. The molecule has 0 aliphatic heterocycles. The van der Waals surface area contributed by atoms with Gasteiger partial charge in [-0.25, -0.2) is 0 Å². The second-order valence-corrected chi connectivity index (χ2v) is 4.41. The molecule has 0 saturated carbocycles. The van der Waals surface area contributed by atoms with Gasteiger partial charge in [0.1, 0.15) is 5.75 Å². The fourth-order valence-electron chi connectivity index (χ4n) is 1.67. The minimum Gasteiger partial charge on any atom is -0.508 e. The van der Waals surface area contributed by atoms with Crippen molar-refractivity contribution in [2.24, 2.45) is 0 Å². The minimum absolute atomic E-state index is 0.00884. The first-order valence-electron chi connectivity index (χ1n) is 6.40. The van der Waals surface area contributed by atoms with Gasteiger partial charge in [0.25, 0.3) is 0 Å². The zero-order valence-electron chi connectivity index (χ0n) is 11.3. The molecule has 4 heteroatoms. The fourth-order valence-corrected chi connectivity index (χ4v) is 1.67. The number of phenolic OH excluding ortho intramolecular Hbond substituents is 1. The molecule has 0 saturated heterocycles. The maximum Gasteiger partial charge on any atom is 0.239 e. The van der Waals surface area contributed by atoms with E-state index >= 15 is 0 Å². The van der Waals surface area contributed by atoms with E-state index in [1.807, 2.05) is 31.7 Å². The molecule has 100 valence electrons. The molecule has 0 fully saturated rings. The van der Waals surface area contributed by atoms with E-state index in [0.717, 1.165) is 18.7 Å². The van der Waals surface area contributed by atoms with E-state index < -0.39 is 0 Å². The van der Waals surface area contributed by atoms with Gasteiger partial charge in [-0.15, -0.1) is 0 Å². The van der Waals surface area contributed by atoms with Crippen LogP contribution in [0.5, 0.6) is 5.75 Å². The predicted octanol–water partition coefficient (Wildman–Crippen LogP) is 2.13. The van der Waals surface area contributed by atoms with Crippen LogP contribution in [0.1, 0.15) is 27.2 Å². The Hall–Kier alpha value is -1.71. The summed E-state index contributed by atoms with van der Waals surface area (Å²) < 4.78 is 0. The van der Waals surface area contributed by atoms with Gasteiger partial charge in [-0.1, -0.05) is 13.0 Å². The standard InChI is InChI=1S/C14H22N2O2/c1-4-11(3)15-14(18)10-16(5-2)12-7-6-8-13(17)9-12/h6-9,11,17H,4-5,10H2,1-3H3,(H,15,18). The van der Waals surface area contributed by atoms with Crippen LogP contribution in [0.25, 0.3) is 0 Å². The predicted molar refractivity (Wildman–Crippen MR) is 73.9 cm³/mol. The first-order chi connectivity index (χ1) is 8.56. The molecular weight excluding hydrogens is 228 g/mol. The number of benzene rings is 1. The van der Waals surface area contributed by atoms with Crippen molar-refractivity contribution in [3.8, 4) is 5.75 Å². The van der Waals surface area contributed by atoms with Crippen LogP contribution < -0.4 is 10.2 Å². The molecule has 0 aliphatic carbocycles. The van der Waals surface area contributed by atoms with Gasteiger partial charge in [-0.3, -0.25) is 4.79 Å². The molecule has 1 atom stereocenters. The highest BCUT2D eigenvalue weighted by Gasteiger charge is 2.11. The van der Waals surface area contributed by atoms with E-state index in [1.165, 1.54) is 0 Å². The number of amides is 1. The average molecular weight is 250 g/mol. The average Bonchev–Trinajstić information content (AvgIpc) is 2.35. The third-order valence-electron chi connectivity index (χ3n) is 2.93. The maximum absolute atomic E-state index is 11.8. The number of aromatic hydroxyl groups is 1. The molecule has 0 heterocycles. The number of hydrogen-bond donors (Lipinski definition) is 2. The lowest BCUT2D eigenvalue weighted by Gasteiger charge is -2.23. The van der Waals surface area contributed by atoms with Gasteiger partial charge in [0.15, 0.2) is 0 Å². The Balaban J connectivity index is 2.65. The summed E-state index contributed by atoms with van der Waals surface area (Å²) in [7, 11) is 0. The van der Waals surface area contributed by atoms with E-state index in [2.05, 4.69) is 5.32 Å². The lowest BCUT2D eigenvalue weighted by atomic mass is 10.2. The van der Waals surface area contributed by atoms with Crippen molar-refractivity contribution in [3.63, 3.8) is 0 Å². The summed E-state index contributed by atoms with van der Waals surface area (Å²) in [4.78, 5) is 13.8. The van der Waals surface area contributed by atoms with Crippen LogP contribution in [0, 0.1) is 0 Å². The van der Waals surface area contributed by atoms with Crippen molar-refractivity contribution < 1.29 is 9.90 Å². The zero-order valence-corrected chi connectivity index (χ0v) is 11.3. The normalized spacial score (nSPS) is 11.9. The molecule has 4 nitrogen and oxygen atoms in total. The SMILES string of the molecule is CCC(C)NC(=O)CN(CC)c1cccc(O)c1. The van der Waals surface area contributed by atoms with Crippen molar-refractivity contribution in [2.75, 3.05) is 18.0 Å². The van der Waals surface area contributed by atoms with Gasteiger partial charge < -0.3 is 15.3 Å². The maximum atomic E-state index is 11.8. The highest BCUT2D eigenvalue weighted by molar-refractivity contribution is 5.81. The number of hydrogen-bond acceptors (Lipinski definition) is 3. The summed E-state index contributed by atoms with van der Waals surface area (Å²) in [5.41, 5.74) is 0.858. The number of carbonyl (C=O) groups is 1. The minimum atomic E-state index is 0.00884. The molecular formula is C14H22N2O2. The second-order valence-electron chi connectivity index (χ2n) is 4.41. The number of rotatable bonds is 6. The molecule has 0 bridgehead atoms. The lowest BCUT2D eigenvalue weighted by molar-refractivity contribution is -0.120. The number of nitrogens with one attached hydrogen (secondary N) is 1. The summed E-state index contributed by atoms with van der Waals surface area (Å²) in [5.74, 6) is 0.225. The third-order valence-corrected chi connectivity index (χ3v) is 2.93. The monoisotopic (exact) mass is 250 g/mol. The molecule has 1 unspecified atom stereocenters. The van der Waals surface area contributed by atoms with Crippen LogP contribution in [0.15, 0.2) is 24.3 Å². The largest absolute Gasteiger partial charge is 0.508 e. The zero-order chi connectivity index (χ0) is 13.5. The Morgan fingerprint density at radius 2 is 2.17 bits per heavy atom. The lowest BCUT2D eigenvalue weighted by Crippen LogP contribution is -2.40. The molecule has 0 aromatic heterocycles. The van der Waals surface area contributed by atoms with Crippen LogP contribution in [0.3, 0.4) is 0 Å². The van der Waals surface area contributed by atoms with Crippen molar-refractivity contribution in [1.29, 1.82) is 0 Å². The topological polar surface area (TPSA) is 52.6 Å². The molecule has 18 heavy (non-hydrogen) atoms. The van der Waals surface area contributed by atoms with Crippen LogP contribution in [-0.2, 0) is 4.79 Å². The van der Waals surface area contributed by atoms with Gasteiger partial charge in [0.2, 0.25) is 5.91 Å². The van der Waals surface area contributed by atoms with Crippen LogP contribution >= 0.6 is 0 Å². The van der Waals surface area contributed by atoms with Gasteiger partial charge in [0.05, 0.1) is 6.54 Å². The molecule has 1 rings (SSSR count). The van der Waals surface area contributed by atoms with E-state index in [-0.39, 0.29) is 17.7 Å². The Labute approximate surface area is 109 Å². The summed E-state index contributed by atoms with van der Waals surface area (Å²) >= 11 is 0. The summed E-state index contributed by atoms with van der Waals surface area (Å²) in [6.07, 6.45) is 0.921. The van der Waals surface area contributed by atoms with Crippen LogP contribution in [-0.4, -0.2) is 30.1 Å². The number of likely N-dealkylation sites (N-methyl/N-ethyl adjacent to an activating group) is 1. The van der Waals surface area contributed by atoms with Gasteiger partial charge in [-0.05, 0) is 32.4 Å². The molecule has 0 aliphatic rings. The highest BCUT2D eigenvalue weighted by Crippen LogP contribution is 2.19. The van der Waals surface area contributed by atoms with Gasteiger partial charge >= 0.3 is 0 Å². The smallest absolute Gasteiger partial charge is 0.239 e. The molecule has 0 spiro atoms. The van der Waals surface area contributed by atoms with E-state index in [9.17, 15) is 9.90 Å². The van der Waals surface area contributed by atoms with Crippen molar-refractivity contribution in [2.45, 2.75) is 33.2 Å². The summed E-state index contributed by atoms with van der Waals surface area (Å²) in [6, 6.07) is 7.15. The van der Waals surface area contributed by atoms with Gasteiger partial charge in [-0.2, -0.15) is 0 Å². The van der Waals surface area contributed by atoms with E-state index in [0.29, 0.717) is 6.54 Å². The van der Waals surface area contributed by atoms with Crippen molar-refractivity contribution in [3.05, 3.63) is 24.3 Å². The molecule has 0 radical (unpaired) electrons. The van der Waals surface area contributed by atoms with E-state index in [1.54, 1.807) is 18.2 Å². The number of carbonyl (C=O) groups excluding carboxylic acids is 1. The molecule has 1 aromatic rings. The fraction of sp³-hybridized carbons (Fsp3) is 0.500. The number of phenols is 1. The summed E-state index contributed by atoms with van der Waals surface area (Å²) in [5, 5.41) is 12.4. The summed E-state index contributed by atoms with van der Waals surface area (Å²) in [6.45, 7) is 7.04. The quantitative estimate of drug-likeness (QED) is 0.813. The number of nitrogens with zero attached hydrogens (tertiary/aromatic N) is 1. The van der Waals surface area contributed by atoms with Crippen LogP contribution in [0.2, 0.25) is 0 Å². The van der Waals surface area contributed by atoms with Crippen molar-refractivity contribution >= 4 is 11.6 Å². The van der Waals surface area contributed by atoms with Crippen molar-refractivity contribution in [1.82, 2.24) is 5.32 Å². The first-order valence-corrected chi connectivity index (χ1v) is 6.40. The first kappa shape index (κ1) is 14.4. The Kier molecular flexibility index (Phi) is 5.49. The molecule has 1 aromatic carbocycles. The second kappa shape index (κ2) is 6.89. The van der Waals surface area contributed by atoms with Crippen LogP contribution in [0.4, 0.5) is 5.69 Å². The number of anilines is 1. The Morgan fingerprint density at radius 1 is 1.44 bits per heavy atom. The third kappa shape index (κ3) is 4.28. The highest BCUT2D eigenvalue weighted by atomic mass is 16.3. The molecule has 1 amide bonds. The molecule has 2 N–H and O–H groups in total. The van der Waals surface area contributed by atoms with E-state index in [4.69, 9.17) is 0 Å².